The smallest absolute Gasteiger partial charge is 0.127 e. The lowest BCUT2D eigenvalue weighted by Gasteiger charge is -2.13. The van der Waals surface area contributed by atoms with Gasteiger partial charge in [0.25, 0.3) is 0 Å². The Morgan fingerprint density at radius 1 is 1.06 bits per heavy atom. The normalized spacial score (nSPS) is 10.2. The molecule has 0 unspecified atom stereocenters. The van der Waals surface area contributed by atoms with Gasteiger partial charge in [0, 0.05) is 25.8 Å². The van der Waals surface area contributed by atoms with E-state index in [9.17, 15) is 0 Å². The van der Waals surface area contributed by atoms with Crippen molar-refractivity contribution in [3.8, 4) is 11.5 Å². The highest BCUT2D eigenvalue weighted by Gasteiger charge is 2.08. The second kappa shape index (κ2) is 7.09. The van der Waals surface area contributed by atoms with Crippen molar-refractivity contribution in [2.24, 2.45) is 0 Å². The summed E-state index contributed by atoms with van der Waals surface area (Å²) >= 11 is 0. The quantitative estimate of drug-likeness (QED) is 0.713. The van der Waals surface area contributed by atoms with E-state index in [-0.39, 0.29) is 0 Å². The van der Waals surface area contributed by atoms with Gasteiger partial charge in [-0.25, -0.2) is 0 Å². The van der Waals surface area contributed by atoms with E-state index in [1.54, 1.807) is 21.3 Å². The molecule has 1 aromatic rings. The molecular formula is C12H19NO3. The third-order valence-electron chi connectivity index (χ3n) is 2.31. The average molecular weight is 225 g/mol. The highest BCUT2D eigenvalue weighted by atomic mass is 16.5. The van der Waals surface area contributed by atoms with Gasteiger partial charge in [-0.1, -0.05) is 6.07 Å². The molecule has 1 N–H and O–H groups in total. The fraction of sp³-hybridized carbons (Fsp3) is 0.500. The maximum Gasteiger partial charge on any atom is 0.127 e. The Labute approximate surface area is 96.5 Å². The maximum absolute atomic E-state index is 5.29. The van der Waals surface area contributed by atoms with Gasteiger partial charge in [-0.2, -0.15) is 0 Å². The number of nitrogens with one attached hydrogen (secondary N) is 1. The first-order valence-corrected chi connectivity index (χ1v) is 5.23. The highest BCUT2D eigenvalue weighted by molar-refractivity contribution is 5.44. The molecule has 1 aromatic carbocycles. The topological polar surface area (TPSA) is 39.7 Å². The van der Waals surface area contributed by atoms with E-state index in [4.69, 9.17) is 14.2 Å². The van der Waals surface area contributed by atoms with Gasteiger partial charge in [-0.3, -0.25) is 0 Å². The maximum atomic E-state index is 5.29. The summed E-state index contributed by atoms with van der Waals surface area (Å²) in [7, 11) is 5.01. The first-order valence-electron chi connectivity index (χ1n) is 5.23. The first-order chi connectivity index (χ1) is 7.83. The summed E-state index contributed by atoms with van der Waals surface area (Å²) in [6, 6.07) is 5.77. The van der Waals surface area contributed by atoms with E-state index < -0.39 is 0 Å². The fourth-order valence-corrected chi connectivity index (χ4v) is 1.49. The van der Waals surface area contributed by atoms with Crippen LogP contribution in [0.5, 0.6) is 11.5 Å². The van der Waals surface area contributed by atoms with Crippen molar-refractivity contribution in [1.82, 2.24) is 5.32 Å². The molecule has 0 fully saturated rings. The van der Waals surface area contributed by atoms with Crippen molar-refractivity contribution < 1.29 is 14.2 Å². The minimum absolute atomic E-state index is 0.692. The minimum Gasteiger partial charge on any atom is -0.496 e. The van der Waals surface area contributed by atoms with Gasteiger partial charge in [-0.05, 0) is 12.1 Å². The SMILES string of the molecule is COCCNCc1c(OC)cccc1OC. The highest BCUT2D eigenvalue weighted by Crippen LogP contribution is 2.27. The van der Waals surface area contributed by atoms with Crippen LogP contribution in [0.4, 0.5) is 0 Å². The molecule has 0 aliphatic heterocycles. The van der Waals surface area contributed by atoms with Gasteiger partial charge in [0.2, 0.25) is 0 Å². The van der Waals surface area contributed by atoms with Crippen molar-refractivity contribution in [3.63, 3.8) is 0 Å². The summed E-state index contributed by atoms with van der Waals surface area (Å²) < 4.78 is 15.6. The molecule has 4 heteroatoms. The summed E-state index contributed by atoms with van der Waals surface area (Å²) in [6.07, 6.45) is 0. The predicted octanol–water partition coefficient (Wildman–Crippen LogP) is 1.44. The summed E-state index contributed by atoms with van der Waals surface area (Å²) in [5.74, 6) is 1.67. The number of benzene rings is 1. The van der Waals surface area contributed by atoms with Gasteiger partial charge >= 0.3 is 0 Å². The van der Waals surface area contributed by atoms with Gasteiger partial charge < -0.3 is 19.5 Å². The van der Waals surface area contributed by atoms with Crippen LogP contribution in [-0.2, 0) is 11.3 Å². The van der Waals surface area contributed by atoms with Crippen LogP contribution in [0.2, 0.25) is 0 Å². The van der Waals surface area contributed by atoms with Crippen LogP contribution >= 0.6 is 0 Å². The predicted molar refractivity (Wildman–Crippen MR) is 63.1 cm³/mol. The van der Waals surface area contributed by atoms with E-state index >= 15 is 0 Å². The van der Waals surface area contributed by atoms with Crippen LogP contribution in [0.3, 0.4) is 0 Å². The zero-order chi connectivity index (χ0) is 11.8. The molecule has 0 spiro atoms. The molecule has 0 aromatic heterocycles. The van der Waals surface area contributed by atoms with Gasteiger partial charge in [0.15, 0.2) is 0 Å². The van der Waals surface area contributed by atoms with Crippen molar-refractivity contribution >= 4 is 0 Å². The van der Waals surface area contributed by atoms with Crippen molar-refractivity contribution in [2.75, 3.05) is 34.5 Å². The minimum atomic E-state index is 0.692. The molecule has 1 rings (SSSR count). The first kappa shape index (κ1) is 12.8. The Balaban J connectivity index is 2.67. The molecule has 0 heterocycles. The second-order valence-electron chi connectivity index (χ2n) is 3.31. The third-order valence-corrected chi connectivity index (χ3v) is 2.31. The van der Waals surface area contributed by atoms with Crippen LogP contribution in [-0.4, -0.2) is 34.5 Å². The number of rotatable bonds is 7. The zero-order valence-corrected chi connectivity index (χ0v) is 10.1. The van der Waals surface area contributed by atoms with E-state index in [0.29, 0.717) is 13.2 Å². The second-order valence-corrected chi connectivity index (χ2v) is 3.31. The lowest BCUT2D eigenvalue weighted by Crippen LogP contribution is -2.19. The monoisotopic (exact) mass is 225 g/mol. The van der Waals surface area contributed by atoms with Gasteiger partial charge in [0.1, 0.15) is 11.5 Å². The molecule has 0 amide bonds. The van der Waals surface area contributed by atoms with E-state index in [2.05, 4.69) is 5.32 Å². The zero-order valence-electron chi connectivity index (χ0n) is 10.1. The van der Waals surface area contributed by atoms with E-state index in [0.717, 1.165) is 23.6 Å². The molecule has 90 valence electrons. The Kier molecular flexibility index (Phi) is 5.67. The Morgan fingerprint density at radius 3 is 2.19 bits per heavy atom. The average Bonchev–Trinajstić information content (AvgIpc) is 2.34. The molecular weight excluding hydrogens is 206 g/mol. The van der Waals surface area contributed by atoms with Crippen molar-refractivity contribution in [3.05, 3.63) is 23.8 Å². The summed E-state index contributed by atoms with van der Waals surface area (Å²) in [5.41, 5.74) is 1.03. The van der Waals surface area contributed by atoms with E-state index in [1.807, 2.05) is 18.2 Å². The molecule has 0 bridgehead atoms. The number of methoxy groups -OCH3 is 3. The van der Waals surface area contributed by atoms with Crippen molar-refractivity contribution in [1.29, 1.82) is 0 Å². The van der Waals surface area contributed by atoms with Gasteiger partial charge in [-0.15, -0.1) is 0 Å². The molecule has 0 aliphatic rings. The van der Waals surface area contributed by atoms with Crippen LogP contribution in [0, 0.1) is 0 Å². The Bertz CT molecular complexity index is 293. The lowest BCUT2D eigenvalue weighted by atomic mass is 10.1. The third kappa shape index (κ3) is 3.40. The van der Waals surface area contributed by atoms with Gasteiger partial charge in [0.05, 0.1) is 20.8 Å². The summed E-state index contributed by atoms with van der Waals surface area (Å²) in [5, 5.41) is 3.27. The number of ether oxygens (including phenoxy) is 3. The molecule has 0 saturated heterocycles. The van der Waals surface area contributed by atoms with Crippen LogP contribution < -0.4 is 14.8 Å². The van der Waals surface area contributed by atoms with E-state index in [1.165, 1.54) is 0 Å². The fourth-order valence-electron chi connectivity index (χ4n) is 1.49. The summed E-state index contributed by atoms with van der Waals surface area (Å²) in [4.78, 5) is 0. The molecule has 0 aliphatic carbocycles. The molecule has 0 radical (unpaired) electrons. The Morgan fingerprint density at radius 2 is 1.69 bits per heavy atom. The number of hydrogen-bond donors (Lipinski definition) is 1. The standard InChI is InChI=1S/C12H19NO3/c1-14-8-7-13-9-10-11(15-2)5-4-6-12(10)16-3/h4-6,13H,7-9H2,1-3H3. The van der Waals surface area contributed by atoms with Crippen LogP contribution in [0.1, 0.15) is 5.56 Å². The summed E-state index contributed by atoms with van der Waals surface area (Å²) in [6.45, 7) is 2.20. The largest absolute Gasteiger partial charge is 0.496 e. The molecule has 16 heavy (non-hydrogen) atoms. The molecule has 0 atom stereocenters. The molecule has 4 nitrogen and oxygen atoms in total. The van der Waals surface area contributed by atoms with Crippen LogP contribution in [0.25, 0.3) is 0 Å². The Hall–Kier alpha value is -1.26. The van der Waals surface area contributed by atoms with Crippen LogP contribution in [0.15, 0.2) is 18.2 Å². The molecule has 0 saturated carbocycles. The number of hydrogen-bond acceptors (Lipinski definition) is 4. The van der Waals surface area contributed by atoms with Crippen molar-refractivity contribution in [2.45, 2.75) is 6.54 Å². The lowest BCUT2D eigenvalue weighted by molar-refractivity contribution is 0.199.